The summed E-state index contributed by atoms with van der Waals surface area (Å²) in [4.78, 5) is 0. The number of unbranched alkanes of at least 4 members (excludes halogenated alkanes) is 1. The van der Waals surface area contributed by atoms with Gasteiger partial charge in [-0.25, -0.2) is 8.42 Å². The summed E-state index contributed by atoms with van der Waals surface area (Å²) >= 11 is 0. The first-order valence-corrected chi connectivity index (χ1v) is 8.47. The zero-order chi connectivity index (χ0) is 14.1. The molecule has 5 heteroatoms. The smallest absolute Gasteiger partial charge is 0.232 e. The normalized spacial score (nSPS) is 13.2. The van der Waals surface area contributed by atoms with E-state index in [0.717, 1.165) is 19.4 Å². The summed E-state index contributed by atoms with van der Waals surface area (Å²) in [6, 6.07) is 9.21. The molecule has 19 heavy (non-hydrogen) atoms. The number of hydrogen-bond donors (Lipinski definition) is 2. The molecule has 0 amide bonds. The van der Waals surface area contributed by atoms with E-state index < -0.39 is 10.0 Å². The van der Waals surface area contributed by atoms with E-state index in [1.807, 2.05) is 25.1 Å². The molecule has 0 radical (unpaired) electrons. The standard InChI is InChI=1S/C14H24N2O2S/c1-3-4-11-15-13(2)10-12-19(17,18)16-14-8-6-5-7-9-14/h5-9,13,15-16H,3-4,10-12H2,1-2H3. The molecule has 0 fully saturated rings. The Kier molecular flexibility index (Phi) is 6.87. The van der Waals surface area contributed by atoms with Gasteiger partial charge in [-0.05, 0) is 38.4 Å². The summed E-state index contributed by atoms with van der Waals surface area (Å²) in [7, 11) is -3.25. The van der Waals surface area contributed by atoms with Gasteiger partial charge in [0.05, 0.1) is 5.75 Å². The maximum atomic E-state index is 11.9. The van der Waals surface area contributed by atoms with Crippen LogP contribution in [0.15, 0.2) is 30.3 Å². The van der Waals surface area contributed by atoms with E-state index >= 15 is 0 Å². The van der Waals surface area contributed by atoms with Crippen LogP contribution >= 0.6 is 0 Å². The van der Waals surface area contributed by atoms with E-state index in [0.29, 0.717) is 12.1 Å². The minimum atomic E-state index is -3.25. The number of sulfonamides is 1. The third-order valence-electron chi connectivity index (χ3n) is 2.89. The van der Waals surface area contributed by atoms with Crippen molar-refractivity contribution in [1.29, 1.82) is 0 Å². The molecule has 0 heterocycles. The van der Waals surface area contributed by atoms with Crippen molar-refractivity contribution in [3.63, 3.8) is 0 Å². The fourth-order valence-electron chi connectivity index (χ4n) is 1.70. The molecule has 108 valence electrons. The van der Waals surface area contributed by atoms with Gasteiger partial charge in [0.15, 0.2) is 0 Å². The first-order valence-electron chi connectivity index (χ1n) is 6.82. The Bertz CT molecular complexity index is 446. The molecular weight excluding hydrogens is 260 g/mol. The molecule has 0 aliphatic rings. The van der Waals surface area contributed by atoms with Crippen LogP contribution in [0.4, 0.5) is 5.69 Å². The summed E-state index contributed by atoms with van der Waals surface area (Å²) < 4.78 is 26.4. The van der Waals surface area contributed by atoms with E-state index in [-0.39, 0.29) is 11.8 Å². The zero-order valence-corrected chi connectivity index (χ0v) is 12.5. The van der Waals surface area contributed by atoms with E-state index in [1.54, 1.807) is 12.1 Å². The lowest BCUT2D eigenvalue weighted by Gasteiger charge is -2.14. The van der Waals surface area contributed by atoms with Crippen molar-refractivity contribution in [3.05, 3.63) is 30.3 Å². The van der Waals surface area contributed by atoms with E-state index in [1.165, 1.54) is 0 Å². The number of benzene rings is 1. The van der Waals surface area contributed by atoms with Gasteiger partial charge in [0.2, 0.25) is 10.0 Å². The van der Waals surface area contributed by atoms with Crippen molar-refractivity contribution in [2.45, 2.75) is 39.2 Å². The van der Waals surface area contributed by atoms with Crippen LogP contribution in [0.1, 0.15) is 33.1 Å². The molecule has 0 aliphatic carbocycles. The molecule has 1 unspecified atom stereocenters. The molecule has 2 N–H and O–H groups in total. The number of anilines is 1. The Morgan fingerprint density at radius 1 is 1.21 bits per heavy atom. The summed E-state index contributed by atoms with van der Waals surface area (Å²) in [6.07, 6.45) is 2.89. The van der Waals surface area contributed by atoms with Crippen molar-refractivity contribution in [1.82, 2.24) is 5.32 Å². The summed E-state index contributed by atoms with van der Waals surface area (Å²) in [6.45, 7) is 5.11. The maximum Gasteiger partial charge on any atom is 0.232 e. The van der Waals surface area contributed by atoms with Crippen LogP contribution in [0.2, 0.25) is 0 Å². The van der Waals surface area contributed by atoms with Gasteiger partial charge in [-0.3, -0.25) is 4.72 Å². The predicted octanol–water partition coefficient (Wildman–Crippen LogP) is 2.60. The summed E-state index contributed by atoms with van der Waals surface area (Å²) in [5.74, 6) is 0.141. The first kappa shape index (κ1) is 16.0. The van der Waals surface area contributed by atoms with Gasteiger partial charge in [0.25, 0.3) is 0 Å². The fraction of sp³-hybridized carbons (Fsp3) is 0.571. The van der Waals surface area contributed by atoms with E-state index in [9.17, 15) is 8.42 Å². The van der Waals surface area contributed by atoms with Gasteiger partial charge >= 0.3 is 0 Å². The van der Waals surface area contributed by atoms with Crippen molar-refractivity contribution < 1.29 is 8.42 Å². The highest BCUT2D eigenvalue weighted by Crippen LogP contribution is 2.09. The van der Waals surface area contributed by atoms with Crippen LogP contribution in [-0.2, 0) is 10.0 Å². The maximum absolute atomic E-state index is 11.9. The lowest BCUT2D eigenvalue weighted by molar-refractivity contribution is 0.517. The summed E-state index contributed by atoms with van der Waals surface area (Å²) in [5.41, 5.74) is 0.620. The molecule has 1 aromatic carbocycles. The minimum Gasteiger partial charge on any atom is -0.314 e. The van der Waals surface area contributed by atoms with Crippen molar-refractivity contribution in [2.24, 2.45) is 0 Å². The molecule has 0 spiro atoms. The van der Waals surface area contributed by atoms with Gasteiger partial charge in [-0.15, -0.1) is 0 Å². The largest absolute Gasteiger partial charge is 0.314 e. The van der Waals surface area contributed by atoms with Gasteiger partial charge in [-0.1, -0.05) is 31.5 Å². The number of hydrogen-bond acceptors (Lipinski definition) is 3. The van der Waals surface area contributed by atoms with Crippen LogP contribution < -0.4 is 10.0 Å². The Morgan fingerprint density at radius 2 is 1.89 bits per heavy atom. The molecule has 0 aromatic heterocycles. The van der Waals surface area contributed by atoms with Crippen LogP contribution in [0.25, 0.3) is 0 Å². The number of para-hydroxylation sites is 1. The second-order valence-corrected chi connectivity index (χ2v) is 6.63. The zero-order valence-electron chi connectivity index (χ0n) is 11.7. The lowest BCUT2D eigenvalue weighted by atomic mass is 10.2. The van der Waals surface area contributed by atoms with Crippen molar-refractivity contribution >= 4 is 15.7 Å². The van der Waals surface area contributed by atoms with Crippen molar-refractivity contribution in [3.8, 4) is 0 Å². The Labute approximate surface area is 116 Å². The average molecular weight is 284 g/mol. The Hall–Kier alpha value is -1.07. The molecule has 1 aromatic rings. The SMILES string of the molecule is CCCCNC(C)CCS(=O)(=O)Nc1ccccc1. The van der Waals surface area contributed by atoms with Gasteiger partial charge < -0.3 is 5.32 Å². The number of rotatable bonds is 9. The van der Waals surface area contributed by atoms with Gasteiger partial charge in [0.1, 0.15) is 0 Å². The second kappa shape index (κ2) is 8.17. The molecule has 0 bridgehead atoms. The Balaban J connectivity index is 2.34. The lowest BCUT2D eigenvalue weighted by Crippen LogP contribution is -2.30. The monoisotopic (exact) mass is 284 g/mol. The van der Waals surface area contributed by atoms with E-state index in [2.05, 4.69) is 17.0 Å². The minimum absolute atomic E-state index is 0.141. The third kappa shape index (κ3) is 7.18. The predicted molar refractivity (Wildman–Crippen MR) is 80.8 cm³/mol. The highest BCUT2D eigenvalue weighted by atomic mass is 32.2. The average Bonchev–Trinajstić information content (AvgIpc) is 2.38. The van der Waals surface area contributed by atoms with Gasteiger partial charge in [-0.2, -0.15) is 0 Å². The van der Waals surface area contributed by atoms with Crippen LogP contribution in [-0.4, -0.2) is 26.8 Å². The first-order chi connectivity index (χ1) is 9.03. The van der Waals surface area contributed by atoms with E-state index in [4.69, 9.17) is 0 Å². The molecule has 1 rings (SSSR count). The molecule has 0 saturated carbocycles. The van der Waals surface area contributed by atoms with Crippen LogP contribution in [0, 0.1) is 0 Å². The highest BCUT2D eigenvalue weighted by Gasteiger charge is 2.12. The number of nitrogens with one attached hydrogen (secondary N) is 2. The molecule has 0 aliphatic heterocycles. The quantitative estimate of drug-likeness (QED) is 0.685. The third-order valence-corrected chi connectivity index (χ3v) is 4.21. The molecule has 1 atom stereocenters. The topological polar surface area (TPSA) is 58.2 Å². The Morgan fingerprint density at radius 3 is 2.53 bits per heavy atom. The molecule has 0 saturated heterocycles. The van der Waals surface area contributed by atoms with Crippen LogP contribution in [0.3, 0.4) is 0 Å². The van der Waals surface area contributed by atoms with Crippen LogP contribution in [0.5, 0.6) is 0 Å². The second-order valence-electron chi connectivity index (χ2n) is 4.78. The molecule has 4 nitrogen and oxygen atoms in total. The summed E-state index contributed by atoms with van der Waals surface area (Å²) in [5, 5.41) is 3.33. The highest BCUT2D eigenvalue weighted by molar-refractivity contribution is 7.92. The van der Waals surface area contributed by atoms with Gasteiger partial charge in [0, 0.05) is 11.7 Å². The molecular formula is C14H24N2O2S. The van der Waals surface area contributed by atoms with Crippen molar-refractivity contribution in [2.75, 3.05) is 17.0 Å². The fourth-order valence-corrected chi connectivity index (χ4v) is 2.96.